The molecule has 0 bridgehead atoms. The summed E-state index contributed by atoms with van der Waals surface area (Å²) in [6.45, 7) is 5.93. The Hall–Kier alpha value is -2.28. The molecule has 1 aliphatic rings. The van der Waals surface area contributed by atoms with Gasteiger partial charge in [-0.1, -0.05) is 12.1 Å². The second-order valence-corrected chi connectivity index (χ2v) is 7.05. The fourth-order valence-corrected chi connectivity index (χ4v) is 3.16. The zero-order valence-electron chi connectivity index (χ0n) is 14.8. The van der Waals surface area contributed by atoms with E-state index in [0.717, 1.165) is 16.9 Å². The van der Waals surface area contributed by atoms with Gasteiger partial charge in [0.2, 0.25) is 0 Å². The number of piperazine rings is 1. The quantitative estimate of drug-likeness (QED) is 0.762. The molecule has 1 fully saturated rings. The van der Waals surface area contributed by atoms with Crippen LogP contribution in [0.4, 0.5) is 0 Å². The molecular weight excluding hydrogens is 400 g/mol. The summed E-state index contributed by atoms with van der Waals surface area (Å²) in [4.78, 5) is 28.2. The van der Waals surface area contributed by atoms with Crippen LogP contribution in [0.2, 0.25) is 0 Å². The number of ether oxygens (including phenoxy) is 1. The first-order valence-electron chi connectivity index (χ1n) is 8.47. The van der Waals surface area contributed by atoms with Gasteiger partial charge in [-0.2, -0.15) is 0 Å². The van der Waals surface area contributed by atoms with Crippen LogP contribution >= 0.6 is 15.9 Å². The molecule has 0 unspecified atom stereocenters. The summed E-state index contributed by atoms with van der Waals surface area (Å²) in [6.07, 6.45) is 0. The van der Waals surface area contributed by atoms with Gasteiger partial charge < -0.3 is 19.0 Å². The van der Waals surface area contributed by atoms with Gasteiger partial charge in [0.15, 0.2) is 17.0 Å². The minimum absolute atomic E-state index is 0.00334. The summed E-state index contributed by atoms with van der Waals surface area (Å²) >= 11 is 3.19. The van der Waals surface area contributed by atoms with Gasteiger partial charge >= 0.3 is 0 Å². The molecule has 3 rings (SSSR count). The third-order valence-corrected chi connectivity index (χ3v) is 5.04. The van der Waals surface area contributed by atoms with Gasteiger partial charge in [-0.15, -0.1) is 0 Å². The molecule has 1 aromatic heterocycles. The van der Waals surface area contributed by atoms with Crippen LogP contribution in [0.25, 0.3) is 0 Å². The summed E-state index contributed by atoms with van der Waals surface area (Å²) in [5, 5.41) is 0. The summed E-state index contributed by atoms with van der Waals surface area (Å²) in [5.41, 5.74) is 2.17. The van der Waals surface area contributed by atoms with Gasteiger partial charge in [0, 0.05) is 26.2 Å². The monoisotopic (exact) mass is 420 g/mol. The highest BCUT2D eigenvalue weighted by atomic mass is 79.9. The largest absolute Gasteiger partial charge is 0.483 e. The first-order chi connectivity index (χ1) is 12.5. The number of hydrogen-bond donors (Lipinski definition) is 0. The number of furan rings is 1. The van der Waals surface area contributed by atoms with Gasteiger partial charge in [-0.25, -0.2) is 0 Å². The van der Waals surface area contributed by atoms with Crippen LogP contribution in [0.3, 0.4) is 0 Å². The van der Waals surface area contributed by atoms with E-state index >= 15 is 0 Å². The number of carbonyl (C=O) groups excluding carboxylic acids is 2. The van der Waals surface area contributed by atoms with Crippen LogP contribution in [0.15, 0.2) is 39.4 Å². The third-order valence-electron chi connectivity index (χ3n) is 4.61. The summed E-state index contributed by atoms with van der Waals surface area (Å²) < 4.78 is 11.5. The second-order valence-electron chi connectivity index (χ2n) is 6.26. The number of amides is 2. The number of rotatable bonds is 4. The molecule has 2 heterocycles. The summed E-state index contributed by atoms with van der Waals surface area (Å²) in [6, 6.07) is 9.13. The average molecular weight is 421 g/mol. The Morgan fingerprint density at radius 3 is 2.42 bits per heavy atom. The van der Waals surface area contributed by atoms with Crippen molar-refractivity contribution in [2.24, 2.45) is 0 Å². The zero-order valence-corrected chi connectivity index (χ0v) is 16.4. The Bertz CT molecular complexity index is 810. The minimum atomic E-state index is -0.158. The molecule has 0 spiro atoms. The third kappa shape index (κ3) is 4.09. The van der Waals surface area contributed by atoms with Gasteiger partial charge in [0.1, 0.15) is 5.75 Å². The Kier molecular flexibility index (Phi) is 5.66. The second kappa shape index (κ2) is 7.95. The molecule has 0 aliphatic carbocycles. The molecule has 1 aliphatic heterocycles. The molecule has 0 atom stereocenters. The smallest absolute Gasteiger partial charge is 0.289 e. The Morgan fingerprint density at radius 2 is 1.77 bits per heavy atom. The van der Waals surface area contributed by atoms with Crippen molar-refractivity contribution in [3.8, 4) is 5.75 Å². The predicted molar refractivity (Wildman–Crippen MR) is 100 cm³/mol. The number of aryl methyl sites for hydroxylation is 1. The first kappa shape index (κ1) is 18.5. The topological polar surface area (TPSA) is 63.0 Å². The van der Waals surface area contributed by atoms with E-state index in [1.807, 2.05) is 32.0 Å². The van der Waals surface area contributed by atoms with E-state index < -0.39 is 0 Å². The average Bonchev–Trinajstić information content (AvgIpc) is 3.08. The van der Waals surface area contributed by atoms with Crippen molar-refractivity contribution in [2.75, 3.05) is 32.8 Å². The molecule has 26 heavy (non-hydrogen) atoms. The maximum atomic E-state index is 12.4. The van der Waals surface area contributed by atoms with Gasteiger partial charge in [-0.3, -0.25) is 9.59 Å². The van der Waals surface area contributed by atoms with E-state index in [9.17, 15) is 9.59 Å². The highest BCUT2D eigenvalue weighted by Crippen LogP contribution is 2.21. The zero-order chi connectivity index (χ0) is 18.7. The SMILES string of the molecule is Cc1cccc(OCC(=O)N2CCN(C(=O)c3ccc(Br)o3)CC2)c1C. The summed E-state index contributed by atoms with van der Waals surface area (Å²) in [7, 11) is 0. The lowest BCUT2D eigenvalue weighted by Crippen LogP contribution is -2.51. The predicted octanol–water partition coefficient (Wildman–Crippen LogP) is 3.02. The number of benzene rings is 1. The molecular formula is C19H21BrN2O4. The van der Waals surface area contributed by atoms with Crippen molar-refractivity contribution in [1.29, 1.82) is 0 Å². The fraction of sp³-hybridized carbons (Fsp3) is 0.368. The van der Waals surface area contributed by atoms with Crippen molar-refractivity contribution < 1.29 is 18.7 Å². The molecule has 0 radical (unpaired) electrons. The van der Waals surface area contributed by atoms with E-state index in [-0.39, 0.29) is 18.4 Å². The van der Waals surface area contributed by atoms with Crippen LogP contribution in [0.1, 0.15) is 21.7 Å². The molecule has 0 saturated carbocycles. The molecule has 7 heteroatoms. The molecule has 2 amide bonds. The molecule has 6 nitrogen and oxygen atoms in total. The van der Waals surface area contributed by atoms with Crippen LogP contribution < -0.4 is 4.74 Å². The lowest BCUT2D eigenvalue weighted by molar-refractivity contribution is -0.134. The van der Waals surface area contributed by atoms with E-state index in [1.165, 1.54) is 0 Å². The molecule has 2 aromatic rings. The lowest BCUT2D eigenvalue weighted by atomic mass is 10.1. The molecule has 138 valence electrons. The molecule has 1 saturated heterocycles. The minimum Gasteiger partial charge on any atom is -0.483 e. The van der Waals surface area contributed by atoms with Crippen LogP contribution in [-0.4, -0.2) is 54.4 Å². The number of hydrogen-bond acceptors (Lipinski definition) is 4. The van der Waals surface area contributed by atoms with Crippen molar-refractivity contribution in [1.82, 2.24) is 9.80 Å². The standard InChI is InChI=1S/C19H21BrN2O4/c1-13-4-3-5-15(14(13)2)25-12-18(23)21-8-10-22(11-9-21)19(24)16-6-7-17(20)26-16/h3-7H,8-12H2,1-2H3. The summed E-state index contributed by atoms with van der Waals surface area (Å²) in [5.74, 6) is 0.804. The maximum absolute atomic E-state index is 12.4. The van der Waals surface area contributed by atoms with Crippen molar-refractivity contribution >= 4 is 27.7 Å². The van der Waals surface area contributed by atoms with E-state index in [4.69, 9.17) is 9.15 Å². The number of nitrogens with zero attached hydrogens (tertiary/aromatic N) is 2. The molecule has 0 N–H and O–H groups in total. The van der Waals surface area contributed by atoms with Crippen molar-refractivity contribution in [3.63, 3.8) is 0 Å². The van der Waals surface area contributed by atoms with Crippen LogP contribution in [-0.2, 0) is 4.79 Å². The normalized spacial score (nSPS) is 14.4. The highest BCUT2D eigenvalue weighted by Gasteiger charge is 2.26. The van der Waals surface area contributed by atoms with Gasteiger partial charge in [-0.05, 0) is 59.1 Å². The highest BCUT2D eigenvalue weighted by molar-refractivity contribution is 9.10. The van der Waals surface area contributed by atoms with E-state index in [2.05, 4.69) is 15.9 Å². The van der Waals surface area contributed by atoms with Crippen molar-refractivity contribution in [3.05, 3.63) is 51.9 Å². The van der Waals surface area contributed by atoms with E-state index in [1.54, 1.807) is 21.9 Å². The van der Waals surface area contributed by atoms with Gasteiger partial charge in [0.25, 0.3) is 11.8 Å². The van der Waals surface area contributed by atoms with E-state index in [0.29, 0.717) is 36.6 Å². The first-order valence-corrected chi connectivity index (χ1v) is 9.26. The Labute approximate surface area is 160 Å². The molecule has 1 aromatic carbocycles. The Balaban J connectivity index is 1.50. The van der Waals surface area contributed by atoms with Gasteiger partial charge in [0.05, 0.1) is 0 Å². The van der Waals surface area contributed by atoms with Crippen LogP contribution in [0, 0.1) is 13.8 Å². The number of halogens is 1. The van der Waals surface area contributed by atoms with Crippen molar-refractivity contribution in [2.45, 2.75) is 13.8 Å². The van der Waals surface area contributed by atoms with Crippen LogP contribution in [0.5, 0.6) is 5.75 Å². The lowest BCUT2D eigenvalue weighted by Gasteiger charge is -2.34. The maximum Gasteiger partial charge on any atom is 0.289 e. The number of carbonyl (C=O) groups is 2. The fourth-order valence-electron chi connectivity index (χ4n) is 2.86. The Morgan fingerprint density at radius 1 is 1.08 bits per heavy atom.